The zero-order chi connectivity index (χ0) is 18.1. The van der Waals surface area contributed by atoms with E-state index in [4.69, 9.17) is 4.74 Å². The predicted octanol–water partition coefficient (Wildman–Crippen LogP) is 6.39. The Bertz CT molecular complexity index is 647. The number of rotatable bonds is 9. The largest absolute Gasteiger partial charge is 0.494 e. The average Bonchev–Trinajstić information content (AvgIpc) is 2.64. The third-order valence-corrected chi connectivity index (χ3v) is 5.20. The van der Waals surface area contributed by atoms with E-state index in [1.54, 1.807) is 0 Å². The van der Waals surface area contributed by atoms with Crippen molar-refractivity contribution in [3.05, 3.63) is 59.7 Å². The molecule has 3 heteroatoms. The zero-order valence-corrected chi connectivity index (χ0v) is 16.3. The molecule has 0 fully saturated rings. The Morgan fingerprint density at radius 2 is 1.72 bits per heavy atom. The summed E-state index contributed by atoms with van der Waals surface area (Å²) in [5.74, 6) is 1.54. The summed E-state index contributed by atoms with van der Waals surface area (Å²) >= 11 is 1.26. The van der Waals surface area contributed by atoms with Crippen LogP contribution in [0.1, 0.15) is 56.0 Å². The van der Waals surface area contributed by atoms with Crippen molar-refractivity contribution < 1.29 is 9.53 Å². The number of carbonyl (C=O) groups is 1. The van der Waals surface area contributed by atoms with E-state index in [-0.39, 0.29) is 5.12 Å². The van der Waals surface area contributed by atoms with Crippen molar-refractivity contribution in [2.75, 3.05) is 6.61 Å². The van der Waals surface area contributed by atoms with Gasteiger partial charge in [-0.2, -0.15) is 0 Å². The fourth-order valence-electron chi connectivity index (χ4n) is 2.43. The molecular weight excluding hydrogens is 328 g/mol. The van der Waals surface area contributed by atoms with Gasteiger partial charge in [-0.25, -0.2) is 0 Å². The lowest BCUT2D eigenvalue weighted by molar-refractivity contribution is 0.108. The maximum absolute atomic E-state index is 12.4. The lowest BCUT2D eigenvalue weighted by Gasteiger charge is -2.09. The molecule has 0 saturated carbocycles. The summed E-state index contributed by atoms with van der Waals surface area (Å²) in [6.07, 6.45) is 4.42. The van der Waals surface area contributed by atoms with Crippen LogP contribution >= 0.6 is 11.8 Å². The van der Waals surface area contributed by atoms with Gasteiger partial charge in [0.2, 0.25) is 5.12 Å². The number of thioether (sulfide) groups is 1. The number of hydrogen-bond acceptors (Lipinski definition) is 3. The third-order valence-electron chi connectivity index (χ3n) is 4.27. The Kier molecular flexibility index (Phi) is 8.07. The fraction of sp³-hybridized carbons (Fsp3) is 0.409. The van der Waals surface area contributed by atoms with Crippen LogP contribution < -0.4 is 4.74 Å². The summed E-state index contributed by atoms with van der Waals surface area (Å²) in [6.45, 7) is 7.35. The Hall–Kier alpha value is -1.74. The van der Waals surface area contributed by atoms with Crippen LogP contribution in [0.2, 0.25) is 0 Å². The van der Waals surface area contributed by atoms with Gasteiger partial charge in [0.05, 0.1) is 6.61 Å². The van der Waals surface area contributed by atoms with Crippen molar-refractivity contribution >= 4 is 16.9 Å². The van der Waals surface area contributed by atoms with Crippen LogP contribution in [0.25, 0.3) is 0 Å². The molecule has 0 radical (unpaired) electrons. The van der Waals surface area contributed by atoms with Crippen LogP contribution in [0.4, 0.5) is 0 Å². The second-order valence-electron chi connectivity index (χ2n) is 6.48. The lowest BCUT2D eigenvalue weighted by atomic mass is 9.98. The van der Waals surface area contributed by atoms with Crippen molar-refractivity contribution in [3.63, 3.8) is 0 Å². The highest BCUT2D eigenvalue weighted by molar-refractivity contribution is 8.14. The molecule has 134 valence electrons. The Balaban J connectivity index is 1.90. The smallest absolute Gasteiger partial charge is 0.224 e. The molecule has 1 unspecified atom stereocenters. The molecule has 0 aliphatic carbocycles. The summed E-state index contributed by atoms with van der Waals surface area (Å²) in [5.41, 5.74) is 2.05. The van der Waals surface area contributed by atoms with E-state index in [2.05, 4.69) is 32.9 Å². The van der Waals surface area contributed by atoms with Crippen molar-refractivity contribution in [2.45, 2.75) is 51.3 Å². The predicted molar refractivity (Wildman–Crippen MR) is 107 cm³/mol. The molecule has 0 aliphatic heterocycles. The molecule has 0 aromatic heterocycles. The first kappa shape index (κ1) is 19.6. The molecule has 1 atom stereocenters. The van der Waals surface area contributed by atoms with Crippen LogP contribution in [0.15, 0.2) is 53.4 Å². The minimum absolute atomic E-state index is 0.0785. The second kappa shape index (κ2) is 10.3. The fourth-order valence-corrected chi connectivity index (χ4v) is 3.17. The van der Waals surface area contributed by atoms with E-state index in [0.29, 0.717) is 5.92 Å². The van der Waals surface area contributed by atoms with Crippen LogP contribution in [0.5, 0.6) is 5.75 Å². The summed E-state index contributed by atoms with van der Waals surface area (Å²) in [5, 5.41) is 0.0785. The SMILES string of the molecule is CCCCOc1ccc(SC(=O)c2ccc(CC(C)CC)cc2)cc1. The van der Waals surface area contributed by atoms with Gasteiger partial charge in [-0.15, -0.1) is 0 Å². The molecule has 0 amide bonds. The monoisotopic (exact) mass is 356 g/mol. The Morgan fingerprint density at radius 1 is 1.04 bits per heavy atom. The molecule has 2 nitrogen and oxygen atoms in total. The Morgan fingerprint density at radius 3 is 2.32 bits per heavy atom. The van der Waals surface area contributed by atoms with Gasteiger partial charge in [-0.05, 0) is 60.4 Å². The van der Waals surface area contributed by atoms with Gasteiger partial charge in [0.25, 0.3) is 0 Å². The number of benzene rings is 2. The van der Waals surface area contributed by atoms with Crippen molar-refractivity contribution in [1.82, 2.24) is 0 Å². The first-order valence-electron chi connectivity index (χ1n) is 9.16. The van der Waals surface area contributed by atoms with E-state index >= 15 is 0 Å². The number of carbonyl (C=O) groups excluding carboxylic acids is 1. The van der Waals surface area contributed by atoms with E-state index in [0.717, 1.165) is 42.1 Å². The van der Waals surface area contributed by atoms with Crippen molar-refractivity contribution in [3.8, 4) is 5.75 Å². The molecule has 0 spiro atoms. The van der Waals surface area contributed by atoms with Crippen LogP contribution in [-0.4, -0.2) is 11.7 Å². The van der Waals surface area contributed by atoms with Gasteiger partial charge >= 0.3 is 0 Å². The summed E-state index contributed by atoms with van der Waals surface area (Å²) < 4.78 is 5.65. The van der Waals surface area contributed by atoms with Crippen LogP contribution in [0, 0.1) is 5.92 Å². The highest BCUT2D eigenvalue weighted by atomic mass is 32.2. The molecule has 0 aliphatic rings. The average molecular weight is 357 g/mol. The van der Waals surface area contributed by atoms with E-state index < -0.39 is 0 Å². The molecule has 0 bridgehead atoms. The summed E-state index contributed by atoms with van der Waals surface area (Å²) in [6, 6.07) is 15.8. The molecule has 0 heterocycles. The van der Waals surface area contributed by atoms with Gasteiger partial charge in [0, 0.05) is 10.5 Å². The Labute approximate surface area is 156 Å². The lowest BCUT2D eigenvalue weighted by Crippen LogP contribution is -1.99. The topological polar surface area (TPSA) is 26.3 Å². The molecular formula is C22H28O2S. The molecule has 2 aromatic carbocycles. The molecule has 0 N–H and O–H groups in total. The third kappa shape index (κ3) is 6.58. The molecule has 25 heavy (non-hydrogen) atoms. The minimum atomic E-state index is 0.0785. The highest BCUT2D eigenvalue weighted by Crippen LogP contribution is 2.25. The van der Waals surface area contributed by atoms with Crippen LogP contribution in [0.3, 0.4) is 0 Å². The van der Waals surface area contributed by atoms with Crippen molar-refractivity contribution in [2.24, 2.45) is 5.92 Å². The summed E-state index contributed by atoms with van der Waals surface area (Å²) in [7, 11) is 0. The number of unbranched alkanes of at least 4 members (excludes halogenated alkanes) is 1. The van der Waals surface area contributed by atoms with Crippen molar-refractivity contribution in [1.29, 1.82) is 0 Å². The quantitative estimate of drug-likeness (QED) is 0.385. The van der Waals surface area contributed by atoms with E-state index in [9.17, 15) is 4.79 Å². The first-order chi connectivity index (χ1) is 12.1. The highest BCUT2D eigenvalue weighted by Gasteiger charge is 2.09. The normalized spacial score (nSPS) is 12.0. The minimum Gasteiger partial charge on any atom is -0.494 e. The van der Waals surface area contributed by atoms with Crippen LogP contribution in [-0.2, 0) is 6.42 Å². The number of hydrogen-bond donors (Lipinski definition) is 0. The van der Waals surface area contributed by atoms with Gasteiger partial charge in [0.1, 0.15) is 5.75 Å². The number of ether oxygens (including phenoxy) is 1. The second-order valence-corrected chi connectivity index (χ2v) is 7.52. The van der Waals surface area contributed by atoms with Gasteiger partial charge < -0.3 is 4.74 Å². The maximum atomic E-state index is 12.4. The van der Waals surface area contributed by atoms with E-state index in [1.165, 1.54) is 23.7 Å². The van der Waals surface area contributed by atoms with Gasteiger partial charge in [-0.3, -0.25) is 4.79 Å². The summed E-state index contributed by atoms with van der Waals surface area (Å²) in [4.78, 5) is 13.4. The van der Waals surface area contributed by atoms with Gasteiger partial charge in [0.15, 0.2) is 0 Å². The zero-order valence-electron chi connectivity index (χ0n) is 15.5. The van der Waals surface area contributed by atoms with Gasteiger partial charge in [-0.1, -0.05) is 57.9 Å². The maximum Gasteiger partial charge on any atom is 0.224 e. The first-order valence-corrected chi connectivity index (χ1v) is 9.98. The van der Waals surface area contributed by atoms with E-state index in [1.807, 2.05) is 36.4 Å². The molecule has 2 rings (SSSR count). The standard InChI is InChI=1S/C22H28O2S/c1-4-6-15-24-20-11-13-21(14-12-20)25-22(23)19-9-7-18(8-10-19)16-17(3)5-2/h7-14,17H,4-6,15-16H2,1-3H3. The molecule has 2 aromatic rings. The molecule has 0 saturated heterocycles.